The Labute approximate surface area is 140 Å². The number of aromatic nitrogens is 5. The van der Waals surface area contributed by atoms with Crippen molar-refractivity contribution in [1.82, 2.24) is 24.5 Å². The molecule has 0 fully saturated rings. The fourth-order valence-electron chi connectivity index (χ4n) is 2.11. The molecular formula is C15H13F3N6O. The molecule has 0 saturated carbocycles. The lowest BCUT2D eigenvalue weighted by molar-refractivity contribution is -0.141. The summed E-state index contributed by atoms with van der Waals surface area (Å²) in [6.45, 7) is 0.112. The molecule has 130 valence electrons. The Hall–Kier alpha value is -3.17. The zero-order valence-electron chi connectivity index (χ0n) is 12.8. The molecule has 25 heavy (non-hydrogen) atoms. The fourth-order valence-corrected chi connectivity index (χ4v) is 2.11. The Kier molecular flexibility index (Phi) is 4.50. The van der Waals surface area contributed by atoms with E-state index in [1.54, 1.807) is 4.68 Å². The van der Waals surface area contributed by atoms with Gasteiger partial charge in [0.1, 0.15) is 12.9 Å². The van der Waals surface area contributed by atoms with Gasteiger partial charge in [-0.15, -0.1) is 5.10 Å². The minimum absolute atomic E-state index is 0.0733. The van der Waals surface area contributed by atoms with Gasteiger partial charge < -0.3 is 0 Å². The number of anilines is 1. The van der Waals surface area contributed by atoms with Gasteiger partial charge >= 0.3 is 6.18 Å². The molecule has 1 amide bonds. The quantitative estimate of drug-likeness (QED) is 0.765. The molecule has 3 rings (SSSR count). The first-order valence-electron chi connectivity index (χ1n) is 7.24. The molecule has 0 saturated heterocycles. The van der Waals surface area contributed by atoms with Crippen molar-refractivity contribution in [2.24, 2.45) is 0 Å². The van der Waals surface area contributed by atoms with Crippen LogP contribution in [0.1, 0.15) is 11.3 Å². The third kappa shape index (κ3) is 4.43. The van der Waals surface area contributed by atoms with E-state index < -0.39 is 17.8 Å². The second-order valence-corrected chi connectivity index (χ2v) is 5.20. The maximum absolute atomic E-state index is 12.5. The maximum Gasteiger partial charge on any atom is 0.435 e. The van der Waals surface area contributed by atoms with Crippen molar-refractivity contribution < 1.29 is 18.0 Å². The first kappa shape index (κ1) is 16.7. The number of rotatable bonds is 5. The SMILES string of the molecule is O=C(Cn1ccc(C(F)(F)F)n1)Nc1ncn(Cc2ccccc2)n1. The molecule has 2 aromatic heterocycles. The molecule has 1 N–H and O–H groups in total. The van der Waals surface area contributed by atoms with Crippen LogP contribution >= 0.6 is 0 Å². The highest BCUT2D eigenvalue weighted by Crippen LogP contribution is 2.27. The lowest BCUT2D eigenvalue weighted by Crippen LogP contribution is -2.20. The van der Waals surface area contributed by atoms with Gasteiger partial charge in [-0.05, 0) is 11.6 Å². The van der Waals surface area contributed by atoms with E-state index in [1.807, 2.05) is 30.3 Å². The normalized spacial score (nSPS) is 11.5. The van der Waals surface area contributed by atoms with E-state index in [-0.39, 0.29) is 12.5 Å². The van der Waals surface area contributed by atoms with Gasteiger partial charge in [0.2, 0.25) is 11.9 Å². The predicted molar refractivity (Wildman–Crippen MR) is 81.4 cm³/mol. The van der Waals surface area contributed by atoms with Crippen LogP contribution in [0.2, 0.25) is 0 Å². The van der Waals surface area contributed by atoms with Crippen LogP contribution in [0.4, 0.5) is 19.1 Å². The highest BCUT2D eigenvalue weighted by atomic mass is 19.4. The number of amides is 1. The van der Waals surface area contributed by atoms with Crippen molar-refractivity contribution in [3.8, 4) is 0 Å². The number of nitrogens with one attached hydrogen (secondary N) is 1. The van der Waals surface area contributed by atoms with Crippen molar-refractivity contribution >= 4 is 11.9 Å². The Morgan fingerprint density at radius 1 is 1.08 bits per heavy atom. The largest absolute Gasteiger partial charge is 0.435 e. The summed E-state index contributed by atoms with van der Waals surface area (Å²) >= 11 is 0. The van der Waals surface area contributed by atoms with Crippen LogP contribution < -0.4 is 5.32 Å². The first-order chi connectivity index (χ1) is 11.9. The van der Waals surface area contributed by atoms with E-state index in [2.05, 4.69) is 20.5 Å². The third-order valence-electron chi connectivity index (χ3n) is 3.21. The van der Waals surface area contributed by atoms with Crippen molar-refractivity contribution in [2.75, 3.05) is 5.32 Å². The van der Waals surface area contributed by atoms with Gasteiger partial charge in [0.05, 0.1) is 6.54 Å². The number of benzene rings is 1. The van der Waals surface area contributed by atoms with Crippen molar-refractivity contribution in [2.45, 2.75) is 19.3 Å². The number of carbonyl (C=O) groups is 1. The van der Waals surface area contributed by atoms with Gasteiger partial charge in [-0.1, -0.05) is 30.3 Å². The molecule has 7 nitrogen and oxygen atoms in total. The number of halogens is 3. The van der Waals surface area contributed by atoms with Gasteiger partial charge in [0.25, 0.3) is 0 Å². The molecule has 3 aromatic rings. The van der Waals surface area contributed by atoms with Crippen molar-refractivity contribution in [3.63, 3.8) is 0 Å². The number of hydrogen-bond acceptors (Lipinski definition) is 4. The Morgan fingerprint density at radius 3 is 2.52 bits per heavy atom. The molecule has 0 unspecified atom stereocenters. The van der Waals surface area contributed by atoms with E-state index in [1.165, 1.54) is 6.33 Å². The zero-order valence-corrected chi connectivity index (χ0v) is 12.8. The van der Waals surface area contributed by atoms with Crippen LogP contribution in [0, 0.1) is 0 Å². The molecule has 0 spiro atoms. The van der Waals surface area contributed by atoms with Crippen molar-refractivity contribution in [1.29, 1.82) is 0 Å². The van der Waals surface area contributed by atoms with E-state index in [9.17, 15) is 18.0 Å². The Bertz CT molecular complexity index is 856. The first-order valence-corrected chi connectivity index (χ1v) is 7.24. The second-order valence-electron chi connectivity index (χ2n) is 5.20. The number of alkyl halides is 3. The number of carbonyl (C=O) groups excluding carboxylic acids is 1. The Morgan fingerprint density at radius 2 is 1.84 bits per heavy atom. The Balaban J connectivity index is 1.57. The van der Waals surface area contributed by atoms with Crippen LogP contribution in [0.15, 0.2) is 48.9 Å². The summed E-state index contributed by atoms with van der Waals surface area (Å²) in [5, 5.41) is 9.83. The minimum atomic E-state index is -4.54. The topological polar surface area (TPSA) is 77.6 Å². The van der Waals surface area contributed by atoms with Crippen LogP contribution in [-0.2, 0) is 24.1 Å². The monoisotopic (exact) mass is 350 g/mol. The van der Waals surface area contributed by atoms with E-state index in [0.717, 1.165) is 22.5 Å². The summed E-state index contributed by atoms with van der Waals surface area (Å²) in [5.41, 5.74) is -0.0351. The third-order valence-corrected chi connectivity index (χ3v) is 3.21. The summed E-state index contributed by atoms with van der Waals surface area (Å²) in [7, 11) is 0. The smallest absolute Gasteiger partial charge is 0.292 e. The average Bonchev–Trinajstić information content (AvgIpc) is 3.17. The van der Waals surface area contributed by atoms with Gasteiger partial charge in [-0.2, -0.15) is 18.3 Å². The molecular weight excluding hydrogens is 337 g/mol. The standard InChI is InChI=1S/C15H13F3N6O/c16-15(17,18)12-6-7-23(21-12)9-13(25)20-14-19-10-24(22-14)8-11-4-2-1-3-5-11/h1-7,10H,8-9H2,(H,20,22,25). The molecule has 0 aliphatic heterocycles. The summed E-state index contributed by atoms with van der Waals surface area (Å²) < 4.78 is 39.8. The van der Waals surface area contributed by atoms with Crippen LogP contribution in [0.5, 0.6) is 0 Å². The van der Waals surface area contributed by atoms with Gasteiger partial charge in [-0.25, -0.2) is 9.67 Å². The van der Waals surface area contributed by atoms with Gasteiger partial charge in [-0.3, -0.25) is 14.8 Å². The van der Waals surface area contributed by atoms with E-state index >= 15 is 0 Å². The fraction of sp³-hybridized carbons (Fsp3) is 0.200. The lowest BCUT2D eigenvalue weighted by atomic mass is 10.2. The molecule has 0 aliphatic rings. The van der Waals surface area contributed by atoms with E-state index in [4.69, 9.17) is 0 Å². The minimum Gasteiger partial charge on any atom is -0.292 e. The van der Waals surface area contributed by atoms with Crippen molar-refractivity contribution in [3.05, 3.63) is 60.2 Å². The van der Waals surface area contributed by atoms with Crippen LogP contribution in [0.3, 0.4) is 0 Å². The zero-order chi connectivity index (χ0) is 17.9. The predicted octanol–water partition coefficient (Wildman–Crippen LogP) is 2.18. The average molecular weight is 350 g/mol. The van der Waals surface area contributed by atoms with Crippen LogP contribution in [0.25, 0.3) is 0 Å². The molecule has 10 heteroatoms. The van der Waals surface area contributed by atoms with Gasteiger partial charge in [0, 0.05) is 6.20 Å². The molecule has 1 aromatic carbocycles. The van der Waals surface area contributed by atoms with E-state index in [0.29, 0.717) is 6.54 Å². The highest BCUT2D eigenvalue weighted by molar-refractivity contribution is 5.88. The molecule has 0 atom stereocenters. The maximum atomic E-state index is 12.5. The van der Waals surface area contributed by atoms with Crippen LogP contribution in [-0.4, -0.2) is 30.5 Å². The highest BCUT2D eigenvalue weighted by Gasteiger charge is 2.33. The lowest BCUT2D eigenvalue weighted by Gasteiger charge is -2.03. The van der Waals surface area contributed by atoms with Gasteiger partial charge in [0.15, 0.2) is 5.69 Å². The molecule has 0 radical (unpaired) electrons. The molecule has 0 aliphatic carbocycles. The summed E-state index contributed by atoms with van der Waals surface area (Å²) in [4.78, 5) is 15.8. The summed E-state index contributed by atoms with van der Waals surface area (Å²) in [6, 6.07) is 10.4. The second kappa shape index (κ2) is 6.75. The molecule has 0 bridgehead atoms. The number of nitrogens with zero attached hydrogens (tertiary/aromatic N) is 5. The summed E-state index contributed by atoms with van der Waals surface area (Å²) in [6.07, 6.45) is -2.00. The summed E-state index contributed by atoms with van der Waals surface area (Å²) in [5.74, 6) is -0.501. The molecule has 2 heterocycles. The number of hydrogen-bond donors (Lipinski definition) is 1.